The molecule has 0 radical (unpaired) electrons. The Labute approximate surface area is 247 Å². The van der Waals surface area contributed by atoms with Gasteiger partial charge in [0.25, 0.3) is 5.91 Å². The van der Waals surface area contributed by atoms with E-state index in [1.165, 1.54) is 18.2 Å². The van der Waals surface area contributed by atoms with Gasteiger partial charge in [-0.05, 0) is 56.1 Å². The standard InChI is InChI=1S/C29H35ClF5N5O2/c1-19-6-9-39(10-7-19)18-25(41)36-17-20-2-4-22(27(32)26(20)31)28(42)37-23-5-3-21(30)16-24(23)40-14-12-38(13-15-40)11-8-29(33,34)35/h2-5,16,19H,6-15,17-18H2,1H3,(H,36,41)(H,37,42). The Kier molecular flexibility index (Phi) is 10.7. The average Bonchev–Trinajstić information content (AvgIpc) is 2.95. The van der Waals surface area contributed by atoms with Crippen LogP contribution in [0, 0.1) is 17.6 Å². The zero-order valence-corrected chi connectivity index (χ0v) is 24.1. The second kappa shape index (κ2) is 14.0. The highest BCUT2D eigenvalue weighted by atomic mass is 35.5. The minimum atomic E-state index is -4.23. The maximum Gasteiger partial charge on any atom is 0.390 e. The predicted octanol–water partition coefficient (Wildman–Crippen LogP) is 5.29. The lowest BCUT2D eigenvalue weighted by Gasteiger charge is -2.37. The van der Waals surface area contributed by atoms with E-state index in [1.54, 1.807) is 11.0 Å². The van der Waals surface area contributed by atoms with Crippen LogP contribution in [-0.2, 0) is 11.3 Å². The molecule has 42 heavy (non-hydrogen) atoms. The molecule has 2 aliphatic heterocycles. The van der Waals surface area contributed by atoms with Gasteiger partial charge in [-0.15, -0.1) is 0 Å². The molecule has 2 N–H and O–H groups in total. The molecule has 0 atom stereocenters. The fraction of sp³-hybridized carbons (Fsp3) is 0.517. The van der Waals surface area contributed by atoms with Crippen LogP contribution in [0.2, 0.25) is 5.02 Å². The van der Waals surface area contributed by atoms with E-state index in [2.05, 4.69) is 17.6 Å². The van der Waals surface area contributed by atoms with Gasteiger partial charge in [-0.2, -0.15) is 13.2 Å². The Morgan fingerprint density at radius 3 is 2.31 bits per heavy atom. The monoisotopic (exact) mass is 615 g/mol. The van der Waals surface area contributed by atoms with E-state index in [0.29, 0.717) is 48.5 Å². The van der Waals surface area contributed by atoms with Gasteiger partial charge in [0.15, 0.2) is 11.6 Å². The number of amides is 2. The molecule has 230 valence electrons. The van der Waals surface area contributed by atoms with Gasteiger partial charge in [-0.1, -0.05) is 24.6 Å². The van der Waals surface area contributed by atoms with Crippen LogP contribution in [0.5, 0.6) is 0 Å². The van der Waals surface area contributed by atoms with Crippen molar-refractivity contribution in [3.8, 4) is 0 Å². The van der Waals surface area contributed by atoms with Crippen LogP contribution in [0.25, 0.3) is 0 Å². The number of carbonyl (C=O) groups excluding carboxylic acids is 2. The summed E-state index contributed by atoms with van der Waals surface area (Å²) in [6.45, 7) is 5.21. The molecule has 2 aromatic rings. The molecule has 0 unspecified atom stereocenters. The molecular weight excluding hydrogens is 581 g/mol. The summed E-state index contributed by atoms with van der Waals surface area (Å²) >= 11 is 6.18. The van der Waals surface area contributed by atoms with E-state index < -0.39 is 35.7 Å². The molecule has 2 fully saturated rings. The minimum absolute atomic E-state index is 0.0831. The first-order valence-corrected chi connectivity index (χ1v) is 14.4. The second-order valence-electron chi connectivity index (χ2n) is 10.9. The summed E-state index contributed by atoms with van der Waals surface area (Å²) in [6, 6.07) is 7.10. The normalized spacial score (nSPS) is 17.4. The van der Waals surface area contributed by atoms with Crippen molar-refractivity contribution < 1.29 is 31.5 Å². The molecule has 0 aliphatic carbocycles. The van der Waals surface area contributed by atoms with Gasteiger partial charge in [0.2, 0.25) is 5.91 Å². The van der Waals surface area contributed by atoms with Gasteiger partial charge < -0.3 is 15.5 Å². The van der Waals surface area contributed by atoms with Crippen molar-refractivity contribution in [2.75, 3.05) is 62.6 Å². The van der Waals surface area contributed by atoms with Crippen LogP contribution in [0.4, 0.5) is 33.3 Å². The smallest absolute Gasteiger partial charge is 0.367 e. The van der Waals surface area contributed by atoms with E-state index >= 15 is 0 Å². The molecule has 4 rings (SSSR count). The number of rotatable bonds is 9. The first-order chi connectivity index (χ1) is 19.9. The fourth-order valence-electron chi connectivity index (χ4n) is 5.13. The third-order valence-corrected chi connectivity index (χ3v) is 7.99. The Bertz CT molecular complexity index is 1260. The first-order valence-electron chi connectivity index (χ1n) is 14.0. The summed E-state index contributed by atoms with van der Waals surface area (Å²) in [4.78, 5) is 30.9. The van der Waals surface area contributed by atoms with Crippen LogP contribution < -0.4 is 15.5 Å². The summed E-state index contributed by atoms with van der Waals surface area (Å²) in [5.74, 6) is -3.10. The first kappa shape index (κ1) is 32.0. The highest BCUT2D eigenvalue weighted by molar-refractivity contribution is 6.31. The zero-order chi connectivity index (χ0) is 30.4. The van der Waals surface area contributed by atoms with Crippen molar-refractivity contribution in [1.29, 1.82) is 0 Å². The van der Waals surface area contributed by atoms with Crippen molar-refractivity contribution in [2.24, 2.45) is 5.92 Å². The second-order valence-corrected chi connectivity index (χ2v) is 11.4. The lowest BCUT2D eigenvalue weighted by Crippen LogP contribution is -2.47. The number of nitrogens with zero attached hydrogens (tertiary/aromatic N) is 3. The van der Waals surface area contributed by atoms with Gasteiger partial charge in [-0.3, -0.25) is 19.4 Å². The number of hydrogen-bond donors (Lipinski definition) is 2. The number of piperazine rings is 1. The number of anilines is 2. The van der Waals surface area contributed by atoms with Gasteiger partial charge in [-0.25, -0.2) is 8.78 Å². The third-order valence-electron chi connectivity index (χ3n) is 7.76. The van der Waals surface area contributed by atoms with Crippen LogP contribution in [-0.4, -0.2) is 80.1 Å². The molecule has 0 spiro atoms. The molecular formula is C29H35ClF5N5O2. The molecule has 2 saturated heterocycles. The zero-order valence-electron chi connectivity index (χ0n) is 23.4. The summed E-state index contributed by atoms with van der Waals surface area (Å²) in [7, 11) is 0. The van der Waals surface area contributed by atoms with Crippen LogP contribution in [0.15, 0.2) is 30.3 Å². The van der Waals surface area contributed by atoms with E-state index in [4.69, 9.17) is 11.6 Å². The number of carbonyl (C=O) groups is 2. The number of nitrogens with one attached hydrogen (secondary N) is 2. The number of alkyl halides is 3. The molecule has 13 heteroatoms. The number of benzene rings is 2. The van der Waals surface area contributed by atoms with Crippen molar-refractivity contribution in [2.45, 2.75) is 38.9 Å². The van der Waals surface area contributed by atoms with Gasteiger partial charge in [0.1, 0.15) is 0 Å². The number of halogens is 6. The van der Waals surface area contributed by atoms with Crippen molar-refractivity contribution >= 4 is 34.8 Å². The lowest BCUT2D eigenvalue weighted by molar-refractivity contribution is -0.138. The van der Waals surface area contributed by atoms with E-state index in [9.17, 15) is 31.5 Å². The lowest BCUT2D eigenvalue weighted by atomic mass is 9.99. The molecule has 2 heterocycles. The van der Waals surface area contributed by atoms with Crippen molar-refractivity contribution in [1.82, 2.24) is 15.1 Å². The summed E-state index contributed by atoms with van der Waals surface area (Å²) in [5.41, 5.74) is 0.231. The summed E-state index contributed by atoms with van der Waals surface area (Å²) in [5, 5.41) is 5.60. The molecule has 0 saturated carbocycles. The van der Waals surface area contributed by atoms with E-state index in [-0.39, 0.29) is 31.1 Å². The third kappa shape index (κ3) is 8.78. The summed E-state index contributed by atoms with van der Waals surface area (Å²) in [6.07, 6.45) is -3.10. The Morgan fingerprint density at radius 2 is 1.64 bits per heavy atom. The molecule has 2 aliphatic rings. The highest BCUT2D eigenvalue weighted by Gasteiger charge is 2.29. The molecule has 7 nitrogen and oxygen atoms in total. The average molecular weight is 616 g/mol. The van der Waals surface area contributed by atoms with Crippen LogP contribution in [0.1, 0.15) is 42.1 Å². The molecule has 2 aromatic carbocycles. The number of piperidine rings is 1. The molecule has 0 aromatic heterocycles. The maximum absolute atomic E-state index is 15.0. The topological polar surface area (TPSA) is 67.9 Å². The van der Waals surface area contributed by atoms with E-state index in [1.807, 2.05) is 9.80 Å². The number of likely N-dealkylation sites (tertiary alicyclic amines) is 1. The Hall–Kier alpha value is -2.96. The quantitative estimate of drug-likeness (QED) is 0.375. The minimum Gasteiger partial charge on any atom is -0.367 e. The number of hydrogen-bond acceptors (Lipinski definition) is 5. The van der Waals surface area contributed by atoms with Gasteiger partial charge in [0, 0.05) is 49.9 Å². The van der Waals surface area contributed by atoms with Crippen LogP contribution >= 0.6 is 11.6 Å². The van der Waals surface area contributed by atoms with Crippen molar-refractivity contribution in [3.05, 3.63) is 58.1 Å². The Balaban J connectivity index is 1.36. The van der Waals surface area contributed by atoms with Crippen molar-refractivity contribution in [3.63, 3.8) is 0 Å². The van der Waals surface area contributed by atoms with E-state index in [0.717, 1.165) is 32.0 Å². The largest absolute Gasteiger partial charge is 0.390 e. The fourth-order valence-corrected chi connectivity index (χ4v) is 5.30. The molecule has 0 bridgehead atoms. The highest BCUT2D eigenvalue weighted by Crippen LogP contribution is 2.31. The predicted molar refractivity (Wildman–Crippen MR) is 152 cm³/mol. The van der Waals surface area contributed by atoms with Crippen LogP contribution in [0.3, 0.4) is 0 Å². The van der Waals surface area contributed by atoms with Gasteiger partial charge >= 0.3 is 6.18 Å². The molecule has 2 amide bonds. The maximum atomic E-state index is 15.0. The SMILES string of the molecule is CC1CCN(CC(=O)NCc2ccc(C(=O)Nc3ccc(Cl)cc3N3CCN(CCC(F)(F)F)CC3)c(F)c2F)CC1. The Morgan fingerprint density at radius 1 is 0.952 bits per heavy atom. The summed E-state index contributed by atoms with van der Waals surface area (Å²) < 4.78 is 67.6. The van der Waals surface area contributed by atoms with Gasteiger partial charge in [0.05, 0.1) is 29.9 Å².